The smallest absolute Gasteiger partial charge is 0.231 e. The molecular weight excluding hydrogens is 410 g/mol. The van der Waals surface area contributed by atoms with Crippen LogP contribution in [-0.4, -0.2) is 30.8 Å². The highest BCUT2D eigenvalue weighted by Crippen LogP contribution is 2.34. The molecule has 1 amide bonds. The first-order chi connectivity index (χ1) is 14.2. The second-order valence-corrected chi connectivity index (χ2v) is 8.72. The van der Waals surface area contributed by atoms with Crippen LogP contribution in [0.2, 0.25) is 5.02 Å². The minimum absolute atomic E-state index is 0.0316. The van der Waals surface area contributed by atoms with E-state index in [0.717, 1.165) is 58.3 Å². The maximum absolute atomic E-state index is 12.6. The molecule has 1 N–H and O–H groups in total. The van der Waals surface area contributed by atoms with E-state index >= 15 is 0 Å². The van der Waals surface area contributed by atoms with Crippen LogP contribution >= 0.6 is 22.9 Å². The molecular formula is C21H20ClN3O3S. The Morgan fingerprint density at radius 2 is 2.00 bits per heavy atom. The average molecular weight is 430 g/mol. The maximum Gasteiger partial charge on any atom is 0.231 e. The molecule has 3 heterocycles. The van der Waals surface area contributed by atoms with Gasteiger partial charge in [0, 0.05) is 30.6 Å². The zero-order chi connectivity index (χ0) is 19.8. The van der Waals surface area contributed by atoms with E-state index in [2.05, 4.69) is 10.2 Å². The summed E-state index contributed by atoms with van der Waals surface area (Å²) in [6.45, 7) is 2.41. The number of carbonyl (C=O) groups is 1. The van der Waals surface area contributed by atoms with Gasteiger partial charge >= 0.3 is 0 Å². The minimum atomic E-state index is 0.0316. The van der Waals surface area contributed by atoms with Crippen molar-refractivity contribution >= 4 is 44.2 Å². The van der Waals surface area contributed by atoms with Gasteiger partial charge in [0.25, 0.3) is 0 Å². The van der Waals surface area contributed by atoms with Gasteiger partial charge in [-0.05, 0) is 48.7 Å². The lowest BCUT2D eigenvalue weighted by atomic mass is 9.96. The second-order valence-electron chi connectivity index (χ2n) is 7.28. The fourth-order valence-electron chi connectivity index (χ4n) is 3.74. The predicted molar refractivity (Wildman–Crippen MR) is 114 cm³/mol. The van der Waals surface area contributed by atoms with Crippen LogP contribution in [0.3, 0.4) is 0 Å². The van der Waals surface area contributed by atoms with Crippen molar-refractivity contribution in [3.8, 4) is 11.5 Å². The lowest BCUT2D eigenvalue weighted by Crippen LogP contribution is -2.40. The van der Waals surface area contributed by atoms with Crippen molar-refractivity contribution in [2.75, 3.05) is 24.8 Å². The van der Waals surface area contributed by atoms with Crippen LogP contribution in [0.25, 0.3) is 10.2 Å². The number of hydrogen-bond acceptors (Lipinski definition) is 6. The summed E-state index contributed by atoms with van der Waals surface area (Å²) < 4.78 is 11.8. The van der Waals surface area contributed by atoms with Gasteiger partial charge in [0.05, 0.1) is 10.2 Å². The van der Waals surface area contributed by atoms with E-state index in [0.29, 0.717) is 11.6 Å². The van der Waals surface area contributed by atoms with E-state index in [1.165, 1.54) is 0 Å². The average Bonchev–Trinajstić information content (AvgIpc) is 3.38. The fourth-order valence-corrected chi connectivity index (χ4v) is 4.90. The first-order valence-corrected chi connectivity index (χ1v) is 10.8. The van der Waals surface area contributed by atoms with Crippen molar-refractivity contribution in [3.05, 3.63) is 47.0 Å². The first kappa shape index (κ1) is 18.5. The van der Waals surface area contributed by atoms with Crippen LogP contribution in [0.5, 0.6) is 11.5 Å². The number of benzene rings is 2. The van der Waals surface area contributed by atoms with Crippen molar-refractivity contribution in [3.63, 3.8) is 0 Å². The van der Waals surface area contributed by atoms with E-state index in [9.17, 15) is 4.79 Å². The van der Waals surface area contributed by atoms with Crippen molar-refractivity contribution < 1.29 is 14.3 Å². The summed E-state index contributed by atoms with van der Waals surface area (Å²) in [4.78, 5) is 19.6. The Hall–Kier alpha value is -2.51. The number of nitrogens with one attached hydrogen (secondary N) is 1. The monoisotopic (exact) mass is 429 g/mol. The predicted octanol–water partition coefficient (Wildman–Crippen LogP) is 4.21. The number of hydrogen-bond donors (Lipinski definition) is 1. The molecule has 2 aliphatic heterocycles. The largest absolute Gasteiger partial charge is 0.454 e. The molecule has 1 saturated heterocycles. The molecule has 0 spiro atoms. The molecule has 8 heteroatoms. The van der Waals surface area contributed by atoms with Crippen molar-refractivity contribution in [1.82, 2.24) is 10.3 Å². The number of fused-ring (bicyclic) bond motifs is 2. The van der Waals surface area contributed by atoms with Crippen LogP contribution in [0.4, 0.5) is 5.13 Å². The van der Waals surface area contributed by atoms with Gasteiger partial charge in [0.1, 0.15) is 0 Å². The standard InChI is InChI=1S/C21H20ClN3O3S/c22-15-2-4-19-16(10-15)24-21(29-19)25-7-5-14(6-8-25)20(26)23-11-13-1-3-17-18(9-13)28-12-27-17/h1-4,9-10,14H,5-8,11-12H2,(H,23,26). The van der Waals surface area contributed by atoms with Crippen molar-refractivity contribution in [1.29, 1.82) is 0 Å². The van der Waals surface area contributed by atoms with Gasteiger partial charge in [0.2, 0.25) is 12.7 Å². The van der Waals surface area contributed by atoms with Crippen molar-refractivity contribution in [2.24, 2.45) is 5.92 Å². The van der Waals surface area contributed by atoms with Gasteiger partial charge in [-0.3, -0.25) is 4.79 Å². The fraction of sp³-hybridized carbons (Fsp3) is 0.333. The quantitative estimate of drug-likeness (QED) is 0.673. The van der Waals surface area contributed by atoms with Crippen LogP contribution in [0.1, 0.15) is 18.4 Å². The number of aromatic nitrogens is 1. The third-order valence-electron chi connectivity index (χ3n) is 5.38. The van der Waals surface area contributed by atoms with Crippen LogP contribution in [-0.2, 0) is 11.3 Å². The second kappa shape index (κ2) is 7.72. The Morgan fingerprint density at radius 1 is 1.17 bits per heavy atom. The number of ether oxygens (including phenoxy) is 2. The summed E-state index contributed by atoms with van der Waals surface area (Å²) in [5.41, 5.74) is 1.94. The van der Waals surface area contributed by atoms with E-state index in [1.807, 2.05) is 36.4 Å². The van der Waals surface area contributed by atoms with E-state index in [4.69, 9.17) is 26.1 Å². The van der Waals surface area contributed by atoms with E-state index in [-0.39, 0.29) is 18.6 Å². The molecule has 0 saturated carbocycles. The molecule has 1 fully saturated rings. The lowest BCUT2D eigenvalue weighted by molar-refractivity contribution is -0.125. The molecule has 150 valence electrons. The first-order valence-electron chi connectivity index (χ1n) is 9.63. The Balaban J connectivity index is 1.16. The summed E-state index contributed by atoms with van der Waals surface area (Å²) in [5.74, 6) is 1.63. The third-order valence-corrected chi connectivity index (χ3v) is 6.71. The highest BCUT2D eigenvalue weighted by Gasteiger charge is 2.26. The van der Waals surface area contributed by atoms with Gasteiger partial charge in [-0.15, -0.1) is 0 Å². The molecule has 2 aliphatic rings. The topological polar surface area (TPSA) is 63.7 Å². The minimum Gasteiger partial charge on any atom is -0.454 e. The van der Waals surface area contributed by atoms with Crippen LogP contribution < -0.4 is 19.7 Å². The third kappa shape index (κ3) is 3.84. The molecule has 1 aromatic heterocycles. The lowest BCUT2D eigenvalue weighted by Gasteiger charge is -2.31. The van der Waals surface area contributed by atoms with E-state index < -0.39 is 0 Å². The summed E-state index contributed by atoms with van der Waals surface area (Å²) in [5, 5.41) is 4.76. The molecule has 2 aromatic carbocycles. The number of piperidine rings is 1. The van der Waals surface area contributed by atoms with Gasteiger partial charge in [0.15, 0.2) is 16.6 Å². The van der Waals surface area contributed by atoms with Gasteiger partial charge in [-0.2, -0.15) is 0 Å². The number of halogens is 1. The molecule has 0 aliphatic carbocycles. The summed E-state index contributed by atoms with van der Waals surface area (Å²) >= 11 is 7.74. The summed E-state index contributed by atoms with van der Waals surface area (Å²) in [6, 6.07) is 11.6. The molecule has 0 bridgehead atoms. The van der Waals surface area contributed by atoms with Crippen molar-refractivity contribution in [2.45, 2.75) is 19.4 Å². The Labute approximate surface area is 177 Å². The Kier molecular flexibility index (Phi) is 4.93. The maximum atomic E-state index is 12.6. The summed E-state index contributed by atoms with van der Waals surface area (Å²) in [7, 11) is 0. The number of amides is 1. The highest BCUT2D eigenvalue weighted by atomic mass is 35.5. The van der Waals surface area contributed by atoms with Crippen LogP contribution in [0.15, 0.2) is 36.4 Å². The number of carbonyl (C=O) groups excluding carboxylic acids is 1. The molecule has 5 rings (SSSR count). The summed E-state index contributed by atoms with van der Waals surface area (Å²) in [6.07, 6.45) is 1.65. The molecule has 6 nitrogen and oxygen atoms in total. The molecule has 3 aromatic rings. The zero-order valence-corrected chi connectivity index (χ0v) is 17.3. The highest BCUT2D eigenvalue weighted by molar-refractivity contribution is 7.22. The van der Waals surface area contributed by atoms with Crippen LogP contribution in [0, 0.1) is 5.92 Å². The molecule has 0 unspecified atom stereocenters. The number of rotatable bonds is 4. The van der Waals surface area contributed by atoms with Gasteiger partial charge in [-0.1, -0.05) is 29.0 Å². The number of nitrogens with zero attached hydrogens (tertiary/aromatic N) is 2. The molecule has 0 radical (unpaired) electrons. The molecule has 29 heavy (non-hydrogen) atoms. The number of thiazole rings is 1. The SMILES string of the molecule is O=C(NCc1ccc2c(c1)OCO2)C1CCN(c2nc3cc(Cl)ccc3s2)CC1. The molecule has 0 atom stereocenters. The Bertz CT molecular complexity index is 1060. The van der Waals surface area contributed by atoms with Gasteiger partial charge < -0.3 is 19.7 Å². The van der Waals surface area contributed by atoms with Gasteiger partial charge in [-0.25, -0.2) is 4.98 Å². The number of anilines is 1. The Morgan fingerprint density at radius 3 is 2.86 bits per heavy atom. The van der Waals surface area contributed by atoms with E-state index in [1.54, 1.807) is 11.3 Å². The normalized spacial score (nSPS) is 16.4. The zero-order valence-electron chi connectivity index (χ0n) is 15.7.